The summed E-state index contributed by atoms with van der Waals surface area (Å²) in [7, 11) is 5.91. The predicted molar refractivity (Wildman–Crippen MR) is 123 cm³/mol. The molecule has 2 heterocycles. The lowest BCUT2D eigenvalue weighted by Gasteiger charge is -2.29. The van der Waals surface area contributed by atoms with Crippen molar-refractivity contribution in [2.75, 3.05) is 30.9 Å². The van der Waals surface area contributed by atoms with Crippen LogP contribution in [0.25, 0.3) is 10.9 Å². The molecule has 3 aromatic rings. The van der Waals surface area contributed by atoms with E-state index in [2.05, 4.69) is 21.8 Å². The molecule has 160 valence electrons. The molecule has 0 amide bonds. The summed E-state index contributed by atoms with van der Waals surface area (Å²) in [6.45, 7) is 1.78. The summed E-state index contributed by atoms with van der Waals surface area (Å²) in [5.74, 6) is 2.37. The van der Waals surface area contributed by atoms with E-state index < -0.39 is 0 Å². The number of fused-ring (bicyclic) bond motifs is 1. The molecule has 7 nitrogen and oxygen atoms in total. The van der Waals surface area contributed by atoms with Crippen LogP contribution in [0, 0.1) is 5.92 Å². The minimum absolute atomic E-state index is 0.421. The van der Waals surface area contributed by atoms with Gasteiger partial charge in [0.15, 0.2) is 0 Å². The van der Waals surface area contributed by atoms with Crippen LogP contribution in [0.5, 0.6) is 0 Å². The van der Waals surface area contributed by atoms with Gasteiger partial charge in [-0.05, 0) is 50.3 Å². The summed E-state index contributed by atoms with van der Waals surface area (Å²) in [5, 5.41) is 13.1. The monoisotopic (exact) mass is 427 g/mol. The summed E-state index contributed by atoms with van der Waals surface area (Å²) >= 11 is 6.23. The van der Waals surface area contributed by atoms with Gasteiger partial charge in [-0.3, -0.25) is 4.68 Å². The second-order valence-electron chi connectivity index (χ2n) is 8.36. The van der Waals surface area contributed by atoms with E-state index in [0.29, 0.717) is 17.1 Å². The van der Waals surface area contributed by atoms with Gasteiger partial charge in [0.2, 0.25) is 5.95 Å². The van der Waals surface area contributed by atoms with Gasteiger partial charge < -0.3 is 15.5 Å². The number of benzene rings is 1. The van der Waals surface area contributed by atoms with Crippen LogP contribution in [-0.2, 0) is 13.6 Å². The van der Waals surface area contributed by atoms with Crippen molar-refractivity contribution in [1.82, 2.24) is 25.1 Å². The van der Waals surface area contributed by atoms with Gasteiger partial charge in [-0.15, -0.1) is 0 Å². The molecule has 4 rings (SSSR count). The van der Waals surface area contributed by atoms with Crippen molar-refractivity contribution in [3.05, 3.63) is 41.2 Å². The van der Waals surface area contributed by atoms with Gasteiger partial charge in [-0.1, -0.05) is 23.7 Å². The molecule has 2 N–H and O–H groups in total. The van der Waals surface area contributed by atoms with E-state index in [1.807, 2.05) is 50.4 Å². The Morgan fingerprint density at radius 1 is 1.13 bits per heavy atom. The number of nitrogens with one attached hydrogen (secondary N) is 2. The van der Waals surface area contributed by atoms with E-state index in [1.165, 1.54) is 12.8 Å². The molecule has 1 aliphatic rings. The Morgan fingerprint density at radius 2 is 1.90 bits per heavy atom. The zero-order chi connectivity index (χ0) is 21.1. The van der Waals surface area contributed by atoms with Gasteiger partial charge in [0.05, 0.1) is 11.7 Å². The smallest absolute Gasteiger partial charge is 0.225 e. The maximum atomic E-state index is 6.23. The van der Waals surface area contributed by atoms with Gasteiger partial charge in [-0.2, -0.15) is 10.1 Å². The first kappa shape index (κ1) is 20.9. The number of aryl methyl sites for hydroxylation is 1. The van der Waals surface area contributed by atoms with Crippen molar-refractivity contribution >= 4 is 34.3 Å². The minimum Gasteiger partial charge on any atom is -0.362 e. The fourth-order valence-electron chi connectivity index (χ4n) is 4.16. The zero-order valence-electron chi connectivity index (χ0n) is 17.9. The topological polar surface area (TPSA) is 70.9 Å². The summed E-state index contributed by atoms with van der Waals surface area (Å²) in [4.78, 5) is 11.6. The minimum atomic E-state index is 0.421. The number of halogens is 1. The van der Waals surface area contributed by atoms with Crippen LogP contribution in [0.15, 0.2) is 30.5 Å². The third-order valence-electron chi connectivity index (χ3n) is 5.87. The van der Waals surface area contributed by atoms with Crippen LogP contribution in [0.1, 0.15) is 31.2 Å². The van der Waals surface area contributed by atoms with E-state index in [1.54, 1.807) is 4.68 Å². The van der Waals surface area contributed by atoms with E-state index in [-0.39, 0.29) is 0 Å². The Bertz CT molecular complexity index is 992. The highest BCUT2D eigenvalue weighted by atomic mass is 35.5. The molecular formula is C22H30ClN7. The molecule has 0 atom stereocenters. The number of hydrogen-bond acceptors (Lipinski definition) is 6. The summed E-state index contributed by atoms with van der Waals surface area (Å²) in [6.07, 6.45) is 6.49. The fourth-order valence-corrected chi connectivity index (χ4v) is 4.32. The van der Waals surface area contributed by atoms with Crippen LogP contribution in [0.3, 0.4) is 0 Å². The van der Waals surface area contributed by atoms with Crippen LogP contribution in [0.4, 0.5) is 11.8 Å². The van der Waals surface area contributed by atoms with E-state index in [0.717, 1.165) is 54.2 Å². The molecule has 0 spiro atoms. The molecular weight excluding hydrogens is 398 g/mol. The van der Waals surface area contributed by atoms with Crippen molar-refractivity contribution in [2.24, 2.45) is 13.0 Å². The highest BCUT2D eigenvalue weighted by molar-refractivity contribution is 6.30. The number of hydrogen-bond donors (Lipinski definition) is 2. The molecule has 0 radical (unpaired) electrons. The van der Waals surface area contributed by atoms with Crippen molar-refractivity contribution in [1.29, 1.82) is 0 Å². The molecule has 0 bridgehead atoms. The maximum Gasteiger partial charge on any atom is 0.225 e. The number of aromatic nitrogens is 4. The van der Waals surface area contributed by atoms with Gasteiger partial charge in [-0.25, -0.2) is 4.98 Å². The number of rotatable bonds is 7. The summed E-state index contributed by atoms with van der Waals surface area (Å²) in [6, 6.07) is 8.60. The van der Waals surface area contributed by atoms with Gasteiger partial charge >= 0.3 is 0 Å². The molecule has 8 heteroatoms. The number of para-hydroxylation sites is 1. The summed E-state index contributed by atoms with van der Waals surface area (Å²) < 4.78 is 1.70. The molecule has 2 aromatic heterocycles. The SMILES string of the molecule is CN(C)c1nc(NC2CCC(CNCc3cnn(C)c3Cl)CC2)nc2ccccc12. The second-order valence-corrected chi connectivity index (χ2v) is 8.72. The summed E-state index contributed by atoms with van der Waals surface area (Å²) in [5.41, 5.74) is 2.03. The standard InChI is InChI=1S/C22H30ClN7/c1-29(2)21-18-6-4-5-7-19(18)27-22(28-21)26-17-10-8-15(9-11-17)12-24-13-16-14-25-30(3)20(16)23/h4-7,14-15,17,24H,8-13H2,1-3H3,(H,26,27,28). The Labute approximate surface area is 182 Å². The van der Waals surface area contributed by atoms with E-state index >= 15 is 0 Å². The highest BCUT2D eigenvalue weighted by Gasteiger charge is 2.22. The lowest BCUT2D eigenvalue weighted by atomic mass is 9.86. The lowest BCUT2D eigenvalue weighted by Crippen LogP contribution is -2.31. The van der Waals surface area contributed by atoms with Crippen LogP contribution in [-0.4, -0.2) is 46.4 Å². The van der Waals surface area contributed by atoms with Gasteiger partial charge in [0.25, 0.3) is 0 Å². The van der Waals surface area contributed by atoms with Crippen LogP contribution in [0.2, 0.25) is 5.15 Å². The third-order valence-corrected chi connectivity index (χ3v) is 6.36. The van der Waals surface area contributed by atoms with Crippen molar-refractivity contribution < 1.29 is 0 Å². The molecule has 1 aliphatic carbocycles. The Kier molecular flexibility index (Phi) is 6.39. The average molecular weight is 428 g/mol. The van der Waals surface area contributed by atoms with Crippen molar-refractivity contribution in [3.63, 3.8) is 0 Å². The third kappa shape index (κ3) is 4.68. The molecule has 0 saturated heterocycles. The molecule has 1 saturated carbocycles. The van der Waals surface area contributed by atoms with Crippen LogP contribution >= 0.6 is 11.6 Å². The first-order chi connectivity index (χ1) is 14.5. The molecule has 1 fully saturated rings. The van der Waals surface area contributed by atoms with Gasteiger partial charge in [0, 0.05) is 44.7 Å². The molecule has 30 heavy (non-hydrogen) atoms. The largest absolute Gasteiger partial charge is 0.362 e. The Morgan fingerprint density at radius 3 is 2.60 bits per heavy atom. The highest BCUT2D eigenvalue weighted by Crippen LogP contribution is 2.28. The van der Waals surface area contributed by atoms with Crippen LogP contribution < -0.4 is 15.5 Å². The van der Waals surface area contributed by atoms with Crippen molar-refractivity contribution in [2.45, 2.75) is 38.3 Å². The lowest BCUT2D eigenvalue weighted by molar-refractivity contribution is 0.324. The van der Waals surface area contributed by atoms with Crippen molar-refractivity contribution in [3.8, 4) is 0 Å². The normalized spacial score (nSPS) is 19.2. The average Bonchev–Trinajstić information content (AvgIpc) is 3.06. The molecule has 1 aromatic carbocycles. The maximum absolute atomic E-state index is 6.23. The van der Waals surface area contributed by atoms with Gasteiger partial charge in [0.1, 0.15) is 11.0 Å². The first-order valence-corrected chi connectivity index (χ1v) is 11.0. The fraction of sp³-hybridized carbons (Fsp3) is 0.500. The number of nitrogens with zero attached hydrogens (tertiary/aromatic N) is 5. The molecule has 0 unspecified atom stereocenters. The van der Waals surface area contributed by atoms with E-state index in [9.17, 15) is 0 Å². The Hall–Kier alpha value is -2.38. The Balaban J connectivity index is 1.30. The molecule has 0 aliphatic heterocycles. The number of anilines is 2. The second kappa shape index (κ2) is 9.18. The zero-order valence-corrected chi connectivity index (χ0v) is 18.7. The quantitative estimate of drug-likeness (QED) is 0.596. The first-order valence-electron chi connectivity index (χ1n) is 10.6. The van der Waals surface area contributed by atoms with E-state index in [4.69, 9.17) is 21.6 Å². The predicted octanol–water partition coefficient (Wildman–Crippen LogP) is 3.84.